The van der Waals surface area contributed by atoms with Gasteiger partial charge in [0.1, 0.15) is 0 Å². The van der Waals surface area contributed by atoms with Gasteiger partial charge in [-0.05, 0) is 79.0 Å². The summed E-state index contributed by atoms with van der Waals surface area (Å²) in [6.45, 7) is 0. The van der Waals surface area contributed by atoms with Gasteiger partial charge in [0.2, 0.25) is 0 Å². The molecule has 53 heavy (non-hydrogen) atoms. The molecular weight excluding hydrogens is 641 g/mol. The highest BCUT2D eigenvalue weighted by Gasteiger charge is 2.46. The second-order valence-corrected chi connectivity index (χ2v) is 14.0. The maximum Gasteiger partial charge on any atom is 0.0978 e. The highest BCUT2D eigenvalue weighted by molar-refractivity contribution is 6.20. The molecule has 2 heteroatoms. The van der Waals surface area contributed by atoms with E-state index in [-0.39, 0.29) is 0 Å². The Kier molecular flexibility index (Phi) is 6.50. The molecule has 0 atom stereocenters. The molecule has 0 radical (unpaired) electrons. The third kappa shape index (κ3) is 4.27. The second kappa shape index (κ2) is 11.6. The summed E-state index contributed by atoms with van der Waals surface area (Å²) in [5.74, 6) is 0. The van der Waals surface area contributed by atoms with Gasteiger partial charge in [0.05, 0.1) is 22.0 Å². The van der Waals surface area contributed by atoms with Crippen LogP contribution in [-0.2, 0) is 5.41 Å². The molecule has 246 valence electrons. The van der Waals surface area contributed by atoms with E-state index in [0.29, 0.717) is 0 Å². The minimum atomic E-state index is -0.453. The van der Waals surface area contributed by atoms with Crippen molar-refractivity contribution in [2.75, 3.05) is 0 Å². The molecule has 0 fully saturated rings. The Morgan fingerprint density at radius 1 is 0.377 bits per heavy atom. The average molecular weight is 673 g/mol. The first-order valence-corrected chi connectivity index (χ1v) is 18.2. The quantitative estimate of drug-likeness (QED) is 0.137. The van der Waals surface area contributed by atoms with E-state index in [4.69, 9.17) is 9.97 Å². The van der Waals surface area contributed by atoms with Crippen LogP contribution in [0.5, 0.6) is 0 Å². The van der Waals surface area contributed by atoms with Gasteiger partial charge in [0.15, 0.2) is 0 Å². The molecule has 0 saturated heterocycles. The van der Waals surface area contributed by atoms with Gasteiger partial charge in [-0.1, -0.05) is 170 Å². The fraction of sp³-hybridized carbons (Fsp3) is 0.0196. The SMILES string of the molecule is c1ccc(C2(c3ccccc3)c3ccccc3-c3ccc(-c4ccc(-c5c6ccccc6nc6c5ccc5cccnc56)c5ccccc45)cc32)cc1. The Morgan fingerprint density at radius 3 is 1.79 bits per heavy atom. The molecule has 0 saturated carbocycles. The van der Waals surface area contributed by atoms with E-state index in [1.54, 1.807) is 0 Å². The lowest BCUT2D eigenvalue weighted by atomic mass is 9.67. The van der Waals surface area contributed by atoms with Gasteiger partial charge in [-0.15, -0.1) is 0 Å². The summed E-state index contributed by atoms with van der Waals surface area (Å²) in [6.07, 6.45) is 1.86. The second-order valence-electron chi connectivity index (χ2n) is 14.0. The van der Waals surface area contributed by atoms with Crippen LogP contribution in [0.25, 0.3) is 76.9 Å². The zero-order valence-corrected chi connectivity index (χ0v) is 28.9. The van der Waals surface area contributed by atoms with Crippen molar-refractivity contribution >= 4 is 43.5 Å². The molecular formula is C51H32N2. The van der Waals surface area contributed by atoms with Crippen LogP contribution in [0.3, 0.4) is 0 Å². The van der Waals surface area contributed by atoms with Crippen LogP contribution in [0, 0.1) is 0 Å². The third-order valence-corrected chi connectivity index (χ3v) is 11.4. The number of rotatable bonds is 4. The van der Waals surface area contributed by atoms with E-state index >= 15 is 0 Å². The summed E-state index contributed by atoms with van der Waals surface area (Å²) in [5.41, 5.74) is 14.9. The number of pyridine rings is 2. The third-order valence-electron chi connectivity index (χ3n) is 11.4. The highest BCUT2D eigenvalue weighted by atomic mass is 14.7. The Balaban J connectivity index is 1.18. The predicted octanol–water partition coefficient (Wildman–Crippen LogP) is 12.8. The summed E-state index contributed by atoms with van der Waals surface area (Å²) < 4.78 is 0. The maximum atomic E-state index is 5.19. The molecule has 8 aromatic carbocycles. The summed E-state index contributed by atoms with van der Waals surface area (Å²) >= 11 is 0. The standard InChI is InChI=1S/C51H32N2/c1-3-15-35(16-4-1)51(36-17-5-2-6-18-36)45-23-11-9-21-40(45)41-27-26-34(32-46(41)51)37-29-30-42(39-20-8-7-19-38(37)39)48-43-22-10-12-24-47(43)53-50-44(48)28-25-33-14-13-31-52-49(33)50/h1-32H. The predicted molar refractivity (Wildman–Crippen MR) is 220 cm³/mol. The van der Waals surface area contributed by atoms with E-state index in [2.05, 4.69) is 182 Å². The molecule has 10 aromatic rings. The van der Waals surface area contributed by atoms with Gasteiger partial charge in [0, 0.05) is 27.9 Å². The lowest BCUT2D eigenvalue weighted by Gasteiger charge is -2.34. The zero-order chi connectivity index (χ0) is 34.9. The largest absolute Gasteiger partial charge is 0.254 e. The molecule has 0 N–H and O–H groups in total. The van der Waals surface area contributed by atoms with Crippen molar-refractivity contribution in [1.29, 1.82) is 0 Å². The van der Waals surface area contributed by atoms with Crippen LogP contribution in [-0.4, -0.2) is 9.97 Å². The maximum absolute atomic E-state index is 5.19. The number of benzene rings is 8. The molecule has 0 bridgehead atoms. The minimum Gasteiger partial charge on any atom is -0.254 e. The van der Waals surface area contributed by atoms with E-state index in [1.807, 2.05) is 12.3 Å². The highest BCUT2D eigenvalue weighted by Crippen LogP contribution is 2.57. The van der Waals surface area contributed by atoms with Crippen molar-refractivity contribution in [3.05, 3.63) is 217 Å². The Bertz CT molecular complexity index is 3020. The van der Waals surface area contributed by atoms with Crippen LogP contribution in [0.1, 0.15) is 22.3 Å². The van der Waals surface area contributed by atoms with Gasteiger partial charge in [-0.25, -0.2) is 4.98 Å². The van der Waals surface area contributed by atoms with Crippen LogP contribution < -0.4 is 0 Å². The van der Waals surface area contributed by atoms with E-state index in [0.717, 1.165) is 32.7 Å². The Labute approximate surface area is 307 Å². The smallest absolute Gasteiger partial charge is 0.0978 e. The van der Waals surface area contributed by atoms with Crippen LogP contribution in [0.15, 0.2) is 194 Å². The fourth-order valence-corrected chi connectivity index (χ4v) is 9.16. The van der Waals surface area contributed by atoms with Crippen molar-refractivity contribution in [3.8, 4) is 33.4 Å². The first kappa shape index (κ1) is 29.8. The van der Waals surface area contributed by atoms with Crippen molar-refractivity contribution in [3.63, 3.8) is 0 Å². The van der Waals surface area contributed by atoms with E-state index in [1.165, 1.54) is 66.4 Å². The molecule has 11 rings (SSSR count). The topological polar surface area (TPSA) is 25.8 Å². The zero-order valence-electron chi connectivity index (χ0n) is 28.9. The number of aromatic nitrogens is 2. The number of nitrogens with zero attached hydrogens (tertiary/aromatic N) is 2. The Hall–Kier alpha value is -6.90. The molecule has 1 aliphatic carbocycles. The van der Waals surface area contributed by atoms with Gasteiger partial charge >= 0.3 is 0 Å². The minimum absolute atomic E-state index is 0.453. The molecule has 1 aliphatic rings. The van der Waals surface area contributed by atoms with Gasteiger partial charge in [-0.2, -0.15) is 0 Å². The summed E-state index contributed by atoms with van der Waals surface area (Å²) in [5, 5.41) is 5.77. The van der Waals surface area contributed by atoms with E-state index in [9.17, 15) is 0 Å². The number of hydrogen-bond acceptors (Lipinski definition) is 2. The van der Waals surface area contributed by atoms with Gasteiger partial charge in [-0.3, -0.25) is 4.98 Å². The van der Waals surface area contributed by atoms with Crippen molar-refractivity contribution in [1.82, 2.24) is 9.97 Å². The molecule has 0 amide bonds. The van der Waals surface area contributed by atoms with Crippen LogP contribution >= 0.6 is 0 Å². The average Bonchev–Trinajstić information content (AvgIpc) is 3.53. The van der Waals surface area contributed by atoms with Crippen LogP contribution in [0.2, 0.25) is 0 Å². The summed E-state index contributed by atoms with van der Waals surface area (Å²) in [4.78, 5) is 9.99. The number of fused-ring (bicyclic) bond motifs is 8. The summed E-state index contributed by atoms with van der Waals surface area (Å²) in [7, 11) is 0. The molecule has 2 heterocycles. The Morgan fingerprint density at radius 2 is 1.00 bits per heavy atom. The molecule has 0 spiro atoms. The van der Waals surface area contributed by atoms with Gasteiger partial charge in [0.25, 0.3) is 0 Å². The number of hydrogen-bond donors (Lipinski definition) is 0. The lowest BCUT2D eigenvalue weighted by molar-refractivity contribution is 0.769. The molecule has 2 nitrogen and oxygen atoms in total. The monoisotopic (exact) mass is 672 g/mol. The van der Waals surface area contributed by atoms with Gasteiger partial charge < -0.3 is 0 Å². The van der Waals surface area contributed by atoms with Crippen LogP contribution in [0.4, 0.5) is 0 Å². The first-order valence-electron chi connectivity index (χ1n) is 18.2. The van der Waals surface area contributed by atoms with Crippen molar-refractivity contribution < 1.29 is 0 Å². The lowest BCUT2D eigenvalue weighted by Crippen LogP contribution is -2.28. The molecule has 0 unspecified atom stereocenters. The van der Waals surface area contributed by atoms with Crippen molar-refractivity contribution in [2.45, 2.75) is 5.41 Å². The fourth-order valence-electron chi connectivity index (χ4n) is 9.16. The normalized spacial score (nSPS) is 13.1. The number of para-hydroxylation sites is 1. The molecule has 0 aliphatic heterocycles. The summed E-state index contributed by atoms with van der Waals surface area (Å²) in [6, 6.07) is 68.7. The molecule has 2 aromatic heterocycles. The first-order chi connectivity index (χ1) is 26.3. The van der Waals surface area contributed by atoms with E-state index < -0.39 is 5.41 Å². The van der Waals surface area contributed by atoms with Crippen molar-refractivity contribution in [2.24, 2.45) is 0 Å².